The van der Waals surface area contributed by atoms with Gasteiger partial charge in [-0.2, -0.15) is 0 Å². The molecule has 1 aromatic carbocycles. The Morgan fingerprint density at radius 3 is 2.54 bits per heavy atom. The van der Waals surface area contributed by atoms with Crippen molar-refractivity contribution in [2.45, 2.75) is 45.6 Å². The molecule has 2 unspecified atom stereocenters. The SMILES string of the molecule is CC(CN(C)CC(=O)NC(C)c1ccc2c(c1)CCCC2)C(=O)O. The summed E-state index contributed by atoms with van der Waals surface area (Å²) in [6.07, 6.45) is 4.78. The summed E-state index contributed by atoms with van der Waals surface area (Å²) in [5.41, 5.74) is 3.98. The number of benzene rings is 1. The highest BCUT2D eigenvalue weighted by molar-refractivity contribution is 5.78. The average molecular weight is 332 g/mol. The fourth-order valence-electron chi connectivity index (χ4n) is 3.25. The second kappa shape index (κ2) is 8.29. The highest BCUT2D eigenvalue weighted by Crippen LogP contribution is 2.24. The summed E-state index contributed by atoms with van der Waals surface area (Å²) in [5.74, 6) is -1.41. The number of nitrogens with one attached hydrogen (secondary N) is 1. The molecule has 0 saturated heterocycles. The first-order valence-electron chi connectivity index (χ1n) is 8.69. The first-order chi connectivity index (χ1) is 11.4. The molecule has 1 aliphatic rings. The molecule has 24 heavy (non-hydrogen) atoms. The van der Waals surface area contributed by atoms with Gasteiger partial charge >= 0.3 is 5.97 Å². The lowest BCUT2D eigenvalue weighted by Gasteiger charge is -2.22. The summed E-state index contributed by atoms with van der Waals surface area (Å²) in [6.45, 7) is 4.19. The Morgan fingerprint density at radius 1 is 1.21 bits per heavy atom. The molecule has 0 spiro atoms. The molecule has 0 heterocycles. The number of likely N-dealkylation sites (N-methyl/N-ethyl adjacent to an activating group) is 1. The number of nitrogens with zero attached hydrogens (tertiary/aromatic N) is 1. The predicted molar refractivity (Wildman–Crippen MR) is 93.9 cm³/mol. The van der Waals surface area contributed by atoms with Crippen molar-refractivity contribution in [3.63, 3.8) is 0 Å². The van der Waals surface area contributed by atoms with E-state index in [1.165, 1.54) is 24.0 Å². The average Bonchev–Trinajstić information content (AvgIpc) is 2.53. The summed E-state index contributed by atoms with van der Waals surface area (Å²) >= 11 is 0. The third-order valence-corrected chi connectivity index (χ3v) is 4.67. The van der Waals surface area contributed by atoms with Crippen LogP contribution in [0, 0.1) is 5.92 Å². The van der Waals surface area contributed by atoms with Gasteiger partial charge in [0.2, 0.25) is 5.91 Å². The normalized spacial score (nSPS) is 16.3. The molecule has 0 saturated carbocycles. The lowest BCUT2D eigenvalue weighted by Crippen LogP contribution is -2.39. The summed E-state index contributed by atoms with van der Waals surface area (Å²) in [7, 11) is 1.77. The molecule has 0 aliphatic heterocycles. The monoisotopic (exact) mass is 332 g/mol. The lowest BCUT2D eigenvalue weighted by atomic mass is 9.89. The molecule has 2 atom stereocenters. The van der Waals surface area contributed by atoms with Gasteiger partial charge in [-0.05, 0) is 56.3 Å². The third kappa shape index (κ3) is 5.06. The molecule has 1 amide bonds. The van der Waals surface area contributed by atoms with Gasteiger partial charge in [-0.25, -0.2) is 0 Å². The molecule has 5 heteroatoms. The van der Waals surface area contributed by atoms with Crippen LogP contribution in [-0.2, 0) is 22.4 Å². The van der Waals surface area contributed by atoms with E-state index in [0.717, 1.165) is 18.4 Å². The van der Waals surface area contributed by atoms with Gasteiger partial charge in [0.15, 0.2) is 0 Å². The van der Waals surface area contributed by atoms with Gasteiger partial charge in [-0.1, -0.05) is 25.1 Å². The molecule has 0 fully saturated rings. The third-order valence-electron chi connectivity index (χ3n) is 4.67. The first kappa shape index (κ1) is 18.5. The number of carboxylic acids is 1. The minimum absolute atomic E-state index is 0.0463. The molecular formula is C19H28N2O3. The molecule has 5 nitrogen and oxygen atoms in total. The van der Waals surface area contributed by atoms with Crippen molar-refractivity contribution in [3.05, 3.63) is 34.9 Å². The number of aliphatic carboxylic acids is 1. The molecule has 1 aromatic rings. The van der Waals surface area contributed by atoms with E-state index in [1.807, 2.05) is 6.92 Å². The minimum Gasteiger partial charge on any atom is -0.481 e. The van der Waals surface area contributed by atoms with E-state index >= 15 is 0 Å². The Labute approximate surface area is 144 Å². The van der Waals surface area contributed by atoms with Crippen LogP contribution in [0.25, 0.3) is 0 Å². The van der Waals surface area contributed by atoms with Crippen LogP contribution >= 0.6 is 0 Å². The summed E-state index contributed by atoms with van der Waals surface area (Å²) in [4.78, 5) is 24.8. The van der Waals surface area contributed by atoms with E-state index in [-0.39, 0.29) is 18.5 Å². The van der Waals surface area contributed by atoms with E-state index in [0.29, 0.717) is 6.54 Å². The molecule has 2 N–H and O–H groups in total. The lowest BCUT2D eigenvalue weighted by molar-refractivity contribution is -0.142. The minimum atomic E-state index is -0.843. The smallest absolute Gasteiger partial charge is 0.307 e. The topological polar surface area (TPSA) is 69.6 Å². The van der Waals surface area contributed by atoms with E-state index in [9.17, 15) is 9.59 Å². The number of carbonyl (C=O) groups excluding carboxylic acids is 1. The molecule has 0 radical (unpaired) electrons. The van der Waals surface area contributed by atoms with Crippen LogP contribution in [0.2, 0.25) is 0 Å². The summed E-state index contributed by atoms with van der Waals surface area (Å²) in [6, 6.07) is 6.46. The molecule has 0 bridgehead atoms. The number of carboxylic acid groups (broad SMARTS) is 1. The second-order valence-corrected chi connectivity index (χ2v) is 6.96. The zero-order valence-corrected chi connectivity index (χ0v) is 14.8. The van der Waals surface area contributed by atoms with Gasteiger partial charge in [-0.15, -0.1) is 0 Å². The Kier molecular flexibility index (Phi) is 6.37. The van der Waals surface area contributed by atoms with Gasteiger partial charge in [-0.3, -0.25) is 14.5 Å². The summed E-state index contributed by atoms with van der Waals surface area (Å²) in [5, 5.41) is 11.9. The van der Waals surface area contributed by atoms with Gasteiger partial charge in [0.25, 0.3) is 0 Å². The molecule has 2 rings (SSSR count). The zero-order valence-electron chi connectivity index (χ0n) is 14.8. The second-order valence-electron chi connectivity index (χ2n) is 6.96. The van der Waals surface area contributed by atoms with Crippen LogP contribution < -0.4 is 5.32 Å². The maximum Gasteiger partial charge on any atom is 0.307 e. The van der Waals surface area contributed by atoms with Crippen LogP contribution in [0.5, 0.6) is 0 Å². The highest BCUT2D eigenvalue weighted by atomic mass is 16.4. The Morgan fingerprint density at radius 2 is 1.88 bits per heavy atom. The number of aryl methyl sites for hydroxylation is 2. The van der Waals surface area contributed by atoms with E-state index in [2.05, 4.69) is 23.5 Å². The fraction of sp³-hybridized carbons (Fsp3) is 0.579. The van der Waals surface area contributed by atoms with E-state index < -0.39 is 11.9 Å². The Hall–Kier alpha value is -1.88. The van der Waals surface area contributed by atoms with Gasteiger partial charge in [0.1, 0.15) is 0 Å². The van der Waals surface area contributed by atoms with Crippen molar-refractivity contribution in [2.75, 3.05) is 20.1 Å². The van der Waals surface area contributed by atoms with Crippen LogP contribution in [0.1, 0.15) is 49.4 Å². The van der Waals surface area contributed by atoms with E-state index in [4.69, 9.17) is 5.11 Å². The van der Waals surface area contributed by atoms with Crippen LogP contribution in [0.3, 0.4) is 0 Å². The van der Waals surface area contributed by atoms with E-state index in [1.54, 1.807) is 18.9 Å². The maximum atomic E-state index is 12.2. The van der Waals surface area contributed by atoms with Crippen molar-refractivity contribution >= 4 is 11.9 Å². The first-order valence-corrected chi connectivity index (χ1v) is 8.69. The Balaban J connectivity index is 1.88. The van der Waals surface area contributed by atoms with Crippen molar-refractivity contribution < 1.29 is 14.7 Å². The summed E-state index contributed by atoms with van der Waals surface area (Å²) < 4.78 is 0. The zero-order chi connectivity index (χ0) is 17.7. The number of hydrogen-bond donors (Lipinski definition) is 2. The molecule has 1 aliphatic carbocycles. The highest BCUT2D eigenvalue weighted by Gasteiger charge is 2.17. The number of carbonyl (C=O) groups is 2. The number of amides is 1. The number of fused-ring (bicyclic) bond motifs is 1. The van der Waals surface area contributed by atoms with Crippen molar-refractivity contribution in [3.8, 4) is 0 Å². The van der Waals surface area contributed by atoms with Crippen LogP contribution in [0.4, 0.5) is 0 Å². The largest absolute Gasteiger partial charge is 0.481 e. The van der Waals surface area contributed by atoms with Crippen LogP contribution in [-0.4, -0.2) is 42.0 Å². The van der Waals surface area contributed by atoms with Crippen molar-refractivity contribution in [1.29, 1.82) is 0 Å². The number of rotatable bonds is 7. The van der Waals surface area contributed by atoms with Crippen LogP contribution in [0.15, 0.2) is 18.2 Å². The fourth-order valence-corrected chi connectivity index (χ4v) is 3.25. The quantitative estimate of drug-likeness (QED) is 0.804. The molecular weight excluding hydrogens is 304 g/mol. The standard InChI is InChI=1S/C19H28N2O3/c1-13(19(23)24)11-21(3)12-18(22)20-14(2)16-9-8-15-6-4-5-7-17(15)10-16/h8-10,13-14H,4-7,11-12H2,1-3H3,(H,20,22)(H,23,24). The number of hydrogen-bond acceptors (Lipinski definition) is 3. The van der Waals surface area contributed by atoms with Crippen molar-refractivity contribution in [2.24, 2.45) is 5.92 Å². The maximum absolute atomic E-state index is 12.2. The molecule has 0 aromatic heterocycles. The van der Waals surface area contributed by atoms with Gasteiger partial charge in [0, 0.05) is 6.54 Å². The van der Waals surface area contributed by atoms with Gasteiger partial charge in [0.05, 0.1) is 18.5 Å². The Bertz CT molecular complexity index is 600. The van der Waals surface area contributed by atoms with Gasteiger partial charge < -0.3 is 10.4 Å². The molecule has 132 valence electrons. The predicted octanol–water partition coefficient (Wildman–Crippen LogP) is 2.40. The van der Waals surface area contributed by atoms with Crippen molar-refractivity contribution in [1.82, 2.24) is 10.2 Å².